The fraction of sp³-hybridized carbons (Fsp3) is 0.368. The lowest BCUT2D eigenvalue weighted by molar-refractivity contribution is 0.157. The lowest BCUT2D eigenvalue weighted by Crippen LogP contribution is -2.39. The van der Waals surface area contributed by atoms with Crippen LogP contribution in [0.15, 0.2) is 24.3 Å². The number of methoxy groups -OCH3 is 1. The van der Waals surface area contributed by atoms with Crippen molar-refractivity contribution < 1.29 is 20.1 Å². The fourth-order valence-corrected chi connectivity index (χ4v) is 4.00. The lowest BCUT2D eigenvalue weighted by atomic mass is 9.83. The summed E-state index contributed by atoms with van der Waals surface area (Å²) in [5.41, 5.74) is 4.95. The molecule has 5 nitrogen and oxygen atoms in total. The van der Waals surface area contributed by atoms with E-state index in [0.717, 1.165) is 36.1 Å². The average Bonchev–Trinajstić information content (AvgIpc) is 2.60. The van der Waals surface area contributed by atoms with Gasteiger partial charge in [-0.15, -0.1) is 0 Å². The quantitative estimate of drug-likeness (QED) is 0.789. The second-order valence-corrected chi connectivity index (χ2v) is 6.53. The summed E-state index contributed by atoms with van der Waals surface area (Å²) in [6.07, 6.45) is 1.66. The first-order chi connectivity index (χ1) is 11.6. The van der Waals surface area contributed by atoms with Gasteiger partial charge in [0.2, 0.25) is 0 Å². The molecule has 126 valence electrons. The van der Waals surface area contributed by atoms with Gasteiger partial charge in [0.15, 0.2) is 11.5 Å². The van der Waals surface area contributed by atoms with E-state index in [1.807, 2.05) is 12.1 Å². The normalized spacial score (nSPS) is 19.3. The van der Waals surface area contributed by atoms with Crippen LogP contribution in [-0.2, 0) is 26.0 Å². The number of hydrogen-bond donors (Lipinski definition) is 3. The summed E-state index contributed by atoms with van der Waals surface area (Å²) in [4.78, 5) is 2.34. The Labute approximate surface area is 140 Å². The minimum Gasteiger partial charge on any atom is -0.508 e. The zero-order valence-electron chi connectivity index (χ0n) is 13.6. The summed E-state index contributed by atoms with van der Waals surface area (Å²) < 4.78 is 5.22. The number of benzene rings is 2. The summed E-state index contributed by atoms with van der Waals surface area (Å²) in [6.45, 7) is 1.42. The van der Waals surface area contributed by atoms with Gasteiger partial charge in [-0.25, -0.2) is 0 Å². The Morgan fingerprint density at radius 3 is 2.79 bits per heavy atom. The van der Waals surface area contributed by atoms with E-state index < -0.39 is 0 Å². The average molecular weight is 327 g/mol. The number of aliphatic hydroxyl groups is 1. The molecular weight excluding hydrogens is 306 g/mol. The third-order valence-electron chi connectivity index (χ3n) is 5.32. The van der Waals surface area contributed by atoms with Gasteiger partial charge >= 0.3 is 0 Å². The van der Waals surface area contributed by atoms with Crippen LogP contribution in [0.4, 0.5) is 0 Å². The molecule has 4 rings (SSSR count). The highest BCUT2D eigenvalue weighted by Crippen LogP contribution is 2.44. The van der Waals surface area contributed by atoms with Gasteiger partial charge in [-0.2, -0.15) is 0 Å². The molecule has 0 amide bonds. The Balaban J connectivity index is 1.76. The van der Waals surface area contributed by atoms with Gasteiger partial charge in [-0.3, -0.25) is 4.90 Å². The van der Waals surface area contributed by atoms with E-state index in [1.54, 1.807) is 19.2 Å². The van der Waals surface area contributed by atoms with Crippen LogP contribution in [-0.4, -0.2) is 33.9 Å². The molecule has 3 N–H and O–H groups in total. The second kappa shape index (κ2) is 5.69. The van der Waals surface area contributed by atoms with Crippen molar-refractivity contribution in [3.8, 4) is 17.2 Å². The Bertz CT molecular complexity index is 802. The number of rotatable bonds is 2. The largest absolute Gasteiger partial charge is 0.508 e. The second-order valence-electron chi connectivity index (χ2n) is 6.53. The first-order valence-electron chi connectivity index (χ1n) is 8.19. The molecule has 5 heteroatoms. The van der Waals surface area contributed by atoms with Gasteiger partial charge in [0.25, 0.3) is 0 Å². The topological polar surface area (TPSA) is 73.2 Å². The molecule has 0 aromatic heterocycles. The molecule has 24 heavy (non-hydrogen) atoms. The Hall–Kier alpha value is -2.24. The number of phenols is 2. The summed E-state index contributed by atoms with van der Waals surface area (Å²) >= 11 is 0. The van der Waals surface area contributed by atoms with Crippen LogP contribution < -0.4 is 4.74 Å². The zero-order valence-corrected chi connectivity index (χ0v) is 13.6. The van der Waals surface area contributed by atoms with Gasteiger partial charge in [0.1, 0.15) is 5.75 Å². The van der Waals surface area contributed by atoms with Crippen molar-refractivity contribution in [3.05, 3.63) is 52.1 Å². The SMILES string of the molecule is COc1ccc2c(c1O)CN1CCc3cc(CO)c(O)cc3C1C2. The van der Waals surface area contributed by atoms with E-state index in [2.05, 4.69) is 4.90 Å². The van der Waals surface area contributed by atoms with Crippen LogP contribution in [0.3, 0.4) is 0 Å². The Kier molecular flexibility index (Phi) is 3.62. The predicted octanol–water partition coefficient (Wildman–Crippen LogP) is 2.25. The first kappa shape index (κ1) is 15.3. The van der Waals surface area contributed by atoms with Gasteiger partial charge in [-0.05, 0) is 47.7 Å². The van der Waals surface area contributed by atoms with Crippen LogP contribution in [0.2, 0.25) is 0 Å². The fourth-order valence-electron chi connectivity index (χ4n) is 4.00. The molecule has 1 atom stereocenters. The monoisotopic (exact) mass is 327 g/mol. The lowest BCUT2D eigenvalue weighted by Gasteiger charge is -2.41. The van der Waals surface area contributed by atoms with Crippen molar-refractivity contribution in [3.63, 3.8) is 0 Å². The molecule has 0 aliphatic carbocycles. The van der Waals surface area contributed by atoms with E-state index in [4.69, 9.17) is 4.74 Å². The summed E-state index contributed by atoms with van der Waals surface area (Å²) in [5, 5.41) is 29.9. The Morgan fingerprint density at radius 1 is 1.21 bits per heavy atom. The number of nitrogens with zero attached hydrogens (tertiary/aromatic N) is 1. The van der Waals surface area contributed by atoms with Gasteiger partial charge in [-0.1, -0.05) is 6.07 Å². The summed E-state index contributed by atoms with van der Waals surface area (Å²) in [6, 6.07) is 7.73. The van der Waals surface area contributed by atoms with Crippen molar-refractivity contribution >= 4 is 0 Å². The minimum absolute atomic E-state index is 0.149. The highest BCUT2D eigenvalue weighted by molar-refractivity contribution is 5.53. The van der Waals surface area contributed by atoms with E-state index in [0.29, 0.717) is 17.9 Å². The van der Waals surface area contributed by atoms with Gasteiger partial charge < -0.3 is 20.1 Å². The standard InChI is InChI=1S/C19H21NO4/c1-24-18-3-2-11-7-16-14-8-17(22)13(10-21)6-12(14)4-5-20(16)9-15(11)19(18)23/h2-3,6,8,16,21-23H,4-5,7,9-10H2,1H3. The van der Waals surface area contributed by atoms with Crippen molar-refractivity contribution in [2.45, 2.75) is 32.0 Å². The highest BCUT2D eigenvalue weighted by atomic mass is 16.5. The maximum Gasteiger partial charge on any atom is 0.162 e. The molecule has 1 unspecified atom stereocenters. The molecule has 2 aromatic rings. The molecule has 0 radical (unpaired) electrons. The van der Waals surface area contributed by atoms with Crippen molar-refractivity contribution in [2.75, 3.05) is 13.7 Å². The maximum absolute atomic E-state index is 10.4. The van der Waals surface area contributed by atoms with E-state index in [1.165, 1.54) is 5.56 Å². The smallest absolute Gasteiger partial charge is 0.162 e. The number of phenolic OH excluding ortho intramolecular Hbond substituents is 1. The first-order valence-corrected chi connectivity index (χ1v) is 8.19. The number of aromatic hydroxyl groups is 2. The van der Waals surface area contributed by atoms with E-state index >= 15 is 0 Å². The highest BCUT2D eigenvalue weighted by Gasteiger charge is 2.34. The number of hydrogen-bond acceptors (Lipinski definition) is 5. The van der Waals surface area contributed by atoms with Crippen molar-refractivity contribution in [1.82, 2.24) is 4.90 Å². The van der Waals surface area contributed by atoms with Gasteiger partial charge in [0.05, 0.1) is 13.7 Å². The van der Waals surface area contributed by atoms with Crippen LogP contribution in [0.25, 0.3) is 0 Å². The van der Waals surface area contributed by atoms with Crippen LogP contribution in [0, 0.1) is 0 Å². The summed E-state index contributed by atoms with van der Waals surface area (Å²) in [7, 11) is 1.56. The molecular formula is C19H21NO4. The molecule has 2 aliphatic rings. The molecule has 2 aromatic carbocycles. The predicted molar refractivity (Wildman–Crippen MR) is 89.2 cm³/mol. The van der Waals surface area contributed by atoms with E-state index in [9.17, 15) is 15.3 Å². The minimum atomic E-state index is -0.149. The Morgan fingerprint density at radius 2 is 2.04 bits per heavy atom. The number of aliphatic hydroxyl groups excluding tert-OH is 1. The van der Waals surface area contributed by atoms with Crippen molar-refractivity contribution in [2.24, 2.45) is 0 Å². The van der Waals surface area contributed by atoms with Crippen LogP contribution in [0.1, 0.15) is 33.9 Å². The molecule has 0 saturated carbocycles. The number of fused-ring (bicyclic) bond motifs is 4. The third-order valence-corrected chi connectivity index (χ3v) is 5.32. The summed E-state index contributed by atoms with van der Waals surface area (Å²) in [5.74, 6) is 0.897. The molecule has 0 fully saturated rings. The maximum atomic E-state index is 10.4. The number of ether oxygens (including phenoxy) is 1. The molecule has 0 spiro atoms. The molecule has 2 aliphatic heterocycles. The third kappa shape index (κ3) is 2.24. The zero-order chi connectivity index (χ0) is 16.8. The molecule has 0 bridgehead atoms. The van der Waals surface area contributed by atoms with Crippen LogP contribution in [0.5, 0.6) is 17.2 Å². The van der Waals surface area contributed by atoms with E-state index in [-0.39, 0.29) is 24.1 Å². The molecule has 2 heterocycles. The van der Waals surface area contributed by atoms with Gasteiger partial charge in [0, 0.05) is 30.3 Å². The molecule has 0 saturated heterocycles. The van der Waals surface area contributed by atoms with Crippen LogP contribution >= 0.6 is 0 Å². The van der Waals surface area contributed by atoms with Crippen molar-refractivity contribution in [1.29, 1.82) is 0 Å².